The third kappa shape index (κ3) is 3.00. The summed E-state index contributed by atoms with van der Waals surface area (Å²) in [7, 11) is 0. The number of ether oxygens (including phenoxy) is 1. The molecule has 4 N–H and O–H groups in total. The Morgan fingerprint density at radius 3 is 3.09 bits per heavy atom. The second kappa shape index (κ2) is 5.76. The van der Waals surface area contributed by atoms with Crippen LogP contribution in [0.1, 0.15) is 18.5 Å². The predicted octanol–water partition coefficient (Wildman–Crippen LogP) is 1.62. The van der Waals surface area contributed by atoms with Crippen molar-refractivity contribution in [3.63, 3.8) is 0 Å². The number of aromatic nitrogens is 2. The van der Waals surface area contributed by atoms with Gasteiger partial charge in [0.25, 0.3) is 5.91 Å². The second-order valence-electron chi connectivity index (χ2n) is 4.90. The largest absolute Gasteiger partial charge is 0.482 e. The van der Waals surface area contributed by atoms with Gasteiger partial charge < -0.3 is 20.7 Å². The average molecular weight is 301 g/mol. The number of fused-ring (bicyclic) bond motifs is 1. The van der Waals surface area contributed by atoms with Crippen LogP contribution in [-0.4, -0.2) is 28.7 Å². The van der Waals surface area contributed by atoms with E-state index in [9.17, 15) is 9.59 Å². The lowest BCUT2D eigenvalue weighted by Gasteiger charge is -2.21. The Bertz CT molecular complexity index is 699. The van der Waals surface area contributed by atoms with E-state index in [0.29, 0.717) is 17.1 Å². The van der Waals surface area contributed by atoms with E-state index in [4.69, 9.17) is 4.74 Å². The van der Waals surface area contributed by atoms with Crippen molar-refractivity contribution in [1.29, 1.82) is 0 Å². The minimum absolute atomic E-state index is 0.0211. The van der Waals surface area contributed by atoms with Gasteiger partial charge in [0, 0.05) is 6.20 Å². The molecule has 1 aromatic heterocycles. The van der Waals surface area contributed by atoms with Gasteiger partial charge in [-0.15, -0.1) is 0 Å². The first kappa shape index (κ1) is 13.9. The Labute approximate surface area is 126 Å². The molecule has 1 aliphatic heterocycles. The fourth-order valence-electron chi connectivity index (χ4n) is 2.14. The number of nitrogens with one attached hydrogen (secondary N) is 4. The highest BCUT2D eigenvalue weighted by Crippen LogP contribution is 2.30. The molecule has 0 radical (unpaired) electrons. The maximum absolute atomic E-state index is 11.9. The van der Waals surface area contributed by atoms with Gasteiger partial charge in [-0.1, -0.05) is 6.07 Å². The molecule has 3 amide bonds. The summed E-state index contributed by atoms with van der Waals surface area (Å²) in [6.45, 7) is 1.87. The maximum Gasteiger partial charge on any atom is 0.319 e. The van der Waals surface area contributed by atoms with Gasteiger partial charge in [-0.05, 0) is 24.6 Å². The van der Waals surface area contributed by atoms with Gasteiger partial charge in [0.05, 0.1) is 23.6 Å². The van der Waals surface area contributed by atoms with Crippen LogP contribution in [0, 0.1) is 0 Å². The van der Waals surface area contributed by atoms with Gasteiger partial charge in [-0.3, -0.25) is 9.89 Å². The normalized spacial score (nSPS) is 14.3. The maximum atomic E-state index is 11.9. The number of H-pyrrole nitrogens is 1. The van der Waals surface area contributed by atoms with Crippen molar-refractivity contribution in [3.05, 3.63) is 36.2 Å². The third-order valence-corrected chi connectivity index (χ3v) is 3.24. The summed E-state index contributed by atoms with van der Waals surface area (Å²) < 4.78 is 5.30. The van der Waals surface area contributed by atoms with Crippen LogP contribution in [0.3, 0.4) is 0 Å². The highest BCUT2D eigenvalue weighted by Gasteiger charge is 2.18. The lowest BCUT2D eigenvalue weighted by atomic mass is 10.1. The minimum atomic E-state index is -0.341. The number of nitrogens with zero attached hydrogens (tertiary/aromatic N) is 1. The van der Waals surface area contributed by atoms with Crippen molar-refractivity contribution in [3.8, 4) is 5.75 Å². The zero-order valence-corrected chi connectivity index (χ0v) is 11.8. The fourth-order valence-corrected chi connectivity index (χ4v) is 2.14. The monoisotopic (exact) mass is 301 g/mol. The first-order chi connectivity index (χ1) is 10.6. The van der Waals surface area contributed by atoms with E-state index in [-0.39, 0.29) is 24.6 Å². The number of aromatic amines is 1. The smallest absolute Gasteiger partial charge is 0.319 e. The summed E-state index contributed by atoms with van der Waals surface area (Å²) in [4.78, 5) is 23.2. The van der Waals surface area contributed by atoms with Crippen LogP contribution in [0.5, 0.6) is 5.75 Å². The Morgan fingerprint density at radius 2 is 2.32 bits per heavy atom. The van der Waals surface area contributed by atoms with Gasteiger partial charge in [-0.2, -0.15) is 5.10 Å². The number of anilines is 2. The zero-order valence-electron chi connectivity index (χ0n) is 11.8. The summed E-state index contributed by atoms with van der Waals surface area (Å²) in [5, 5.41) is 14.6. The molecule has 1 aromatic carbocycles. The second-order valence-corrected chi connectivity index (χ2v) is 4.90. The Hall–Kier alpha value is -3.03. The number of hydrogen-bond donors (Lipinski definition) is 4. The van der Waals surface area contributed by atoms with Crippen LogP contribution in [-0.2, 0) is 4.79 Å². The van der Waals surface area contributed by atoms with Gasteiger partial charge in [-0.25, -0.2) is 4.79 Å². The van der Waals surface area contributed by atoms with Crippen molar-refractivity contribution >= 4 is 23.3 Å². The van der Waals surface area contributed by atoms with Gasteiger partial charge in [0.1, 0.15) is 5.75 Å². The molecule has 1 atom stereocenters. The molecule has 3 rings (SSSR count). The van der Waals surface area contributed by atoms with Crippen LogP contribution in [0.4, 0.5) is 16.2 Å². The lowest BCUT2D eigenvalue weighted by molar-refractivity contribution is -0.118. The van der Waals surface area contributed by atoms with Gasteiger partial charge >= 0.3 is 6.03 Å². The molecule has 114 valence electrons. The molecule has 8 heteroatoms. The van der Waals surface area contributed by atoms with E-state index in [2.05, 4.69) is 26.1 Å². The summed E-state index contributed by atoms with van der Waals surface area (Å²) in [5.74, 6) is 0.432. The number of carbonyl (C=O) groups excluding carboxylic acids is 2. The Kier molecular flexibility index (Phi) is 3.65. The highest BCUT2D eigenvalue weighted by molar-refractivity contribution is 5.95. The molecular formula is C14H15N5O3. The highest BCUT2D eigenvalue weighted by atomic mass is 16.5. The molecule has 0 aliphatic carbocycles. The number of amides is 3. The van der Waals surface area contributed by atoms with E-state index in [0.717, 1.165) is 5.56 Å². The summed E-state index contributed by atoms with van der Waals surface area (Å²) >= 11 is 0. The summed E-state index contributed by atoms with van der Waals surface area (Å²) in [6, 6.07) is 4.83. The van der Waals surface area contributed by atoms with Crippen molar-refractivity contribution in [2.75, 3.05) is 17.2 Å². The summed E-state index contributed by atoms with van der Waals surface area (Å²) in [5.41, 5.74) is 2.04. The zero-order chi connectivity index (χ0) is 15.5. The molecule has 0 spiro atoms. The number of urea groups is 1. The summed E-state index contributed by atoms with van der Waals surface area (Å²) in [6.07, 6.45) is 3.09. The SMILES string of the molecule is C[C@H](NC(=O)Nc1cn[nH]c1)c1ccc2c(c1)NC(=O)CO2. The number of rotatable bonds is 3. The van der Waals surface area contributed by atoms with E-state index >= 15 is 0 Å². The van der Waals surface area contributed by atoms with Gasteiger partial charge in [0.2, 0.25) is 0 Å². The molecular weight excluding hydrogens is 286 g/mol. The van der Waals surface area contributed by atoms with Crippen molar-refractivity contribution in [1.82, 2.24) is 15.5 Å². The first-order valence-corrected chi connectivity index (χ1v) is 6.75. The molecule has 8 nitrogen and oxygen atoms in total. The molecule has 0 bridgehead atoms. The molecule has 1 aliphatic rings. The molecule has 22 heavy (non-hydrogen) atoms. The van der Waals surface area contributed by atoms with Crippen LogP contribution in [0.25, 0.3) is 0 Å². The molecule has 0 fully saturated rings. The predicted molar refractivity (Wildman–Crippen MR) is 79.7 cm³/mol. The molecule has 0 saturated heterocycles. The molecule has 0 saturated carbocycles. The van der Waals surface area contributed by atoms with E-state index < -0.39 is 0 Å². The standard InChI is InChI=1S/C14H15N5O3/c1-8(17-14(21)18-10-5-15-16-6-10)9-2-3-12-11(4-9)19-13(20)7-22-12/h2-6,8H,7H2,1H3,(H,15,16)(H,19,20)(H2,17,18,21)/t8-/m0/s1. The van der Waals surface area contributed by atoms with Crippen LogP contribution < -0.4 is 20.7 Å². The first-order valence-electron chi connectivity index (χ1n) is 6.75. The Balaban J connectivity index is 1.67. The molecule has 0 unspecified atom stereocenters. The topological polar surface area (TPSA) is 108 Å². The van der Waals surface area contributed by atoms with Crippen LogP contribution in [0.2, 0.25) is 0 Å². The van der Waals surface area contributed by atoms with Crippen molar-refractivity contribution in [2.24, 2.45) is 0 Å². The number of hydrogen-bond acceptors (Lipinski definition) is 4. The average Bonchev–Trinajstić information content (AvgIpc) is 2.99. The van der Waals surface area contributed by atoms with Crippen LogP contribution in [0.15, 0.2) is 30.6 Å². The van der Waals surface area contributed by atoms with Gasteiger partial charge in [0.15, 0.2) is 6.61 Å². The van der Waals surface area contributed by atoms with Crippen molar-refractivity contribution < 1.29 is 14.3 Å². The fraction of sp³-hybridized carbons (Fsp3) is 0.214. The van der Waals surface area contributed by atoms with E-state index in [1.54, 1.807) is 18.3 Å². The van der Waals surface area contributed by atoms with E-state index in [1.165, 1.54) is 6.20 Å². The lowest BCUT2D eigenvalue weighted by Crippen LogP contribution is -2.31. The van der Waals surface area contributed by atoms with Crippen LogP contribution >= 0.6 is 0 Å². The minimum Gasteiger partial charge on any atom is -0.482 e. The third-order valence-electron chi connectivity index (χ3n) is 3.24. The number of benzene rings is 1. The molecule has 2 heterocycles. The Morgan fingerprint density at radius 1 is 1.45 bits per heavy atom. The van der Waals surface area contributed by atoms with Crippen molar-refractivity contribution in [2.45, 2.75) is 13.0 Å². The quantitative estimate of drug-likeness (QED) is 0.691. The number of carbonyl (C=O) groups is 2. The molecule has 2 aromatic rings. The van der Waals surface area contributed by atoms with E-state index in [1.807, 2.05) is 13.0 Å².